The van der Waals surface area contributed by atoms with Gasteiger partial charge in [-0.25, -0.2) is 0 Å². The minimum Gasteiger partial charge on any atom is -0.480 e. The standard InChI is InChI=1S/C17H15NO2S/c19-17(20)16(18-21)12-15-8-4-7-14(11-15)10-9-13-5-2-1-3-6-13/h1-8,11,16,18,21H,12H2,(H,19,20). The summed E-state index contributed by atoms with van der Waals surface area (Å²) in [7, 11) is 0. The molecule has 2 aromatic rings. The van der Waals surface area contributed by atoms with Crippen molar-refractivity contribution in [2.75, 3.05) is 0 Å². The van der Waals surface area contributed by atoms with Crippen molar-refractivity contribution in [2.24, 2.45) is 0 Å². The zero-order valence-corrected chi connectivity index (χ0v) is 12.2. The molecule has 4 heteroatoms. The Kier molecular flexibility index (Phi) is 5.44. The van der Waals surface area contributed by atoms with E-state index in [2.05, 4.69) is 29.4 Å². The van der Waals surface area contributed by atoms with Gasteiger partial charge in [-0.2, -0.15) is 0 Å². The van der Waals surface area contributed by atoms with Crippen LogP contribution in [0.1, 0.15) is 16.7 Å². The summed E-state index contributed by atoms with van der Waals surface area (Å²) in [6, 6.07) is 16.6. The molecule has 0 aromatic heterocycles. The van der Waals surface area contributed by atoms with E-state index in [-0.39, 0.29) is 0 Å². The van der Waals surface area contributed by atoms with Gasteiger partial charge in [0.05, 0.1) is 0 Å². The van der Waals surface area contributed by atoms with Gasteiger partial charge >= 0.3 is 5.97 Å². The van der Waals surface area contributed by atoms with E-state index in [9.17, 15) is 4.79 Å². The van der Waals surface area contributed by atoms with Gasteiger partial charge in [0.2, 0.25) is 0 Å². The van der Waals surface area contributed by atoms with Gasteiger partial charge in [-0.1, -0.05) is 55.0 Å². The Balaban J connectivity index is 2.15. The van der Waals surface area contributed by atoms with Crippen LogP contribution in [0.5, 0.6) is 0 Å². The molecule has 0 saturated carbocycles. The number of carboxylic acid groups (broad SMARTS) is 1. The summed E-state index contributed by atoms with van der Waals surface area (Å²) in [5, 5.41) is 9.02. The number of hydrogen-bond donors (Lipinski definition) is 3. The van der Waals surface area contributed by atoms with E-state index in [4.69, 9.17) is 5.11 Å². The third kappa shape index (κ3) is 4.67. The average molecular weight is 297 g/mol. The van der Waals surface area contributed by atoms with Crippen molar-refractivity contribution < 1.29 is 9.90 Å². The van der Waals surface area contributed by atoms with Crippen LogP contribution in [-0.4, -0.2) is 17.1 Å². The van der Waals surface area contributed by atoms with E-state index in [1.165, 1.54) is 0 Å². The molecule has 0 aliphatic carbocycles. The van der Waals surface area contributed by atoms with Gasteiger partial charge in [0.25, 0.3) is 0 Å². The lowest BCUT2D eigenvalue weighted by molar-refractivity contribution is -0.138. The molecular formula is C17H15NO2S. The van der Waals surface area contributed by atoms with E-state index in [0.29, 0.717) is 6.42 Å². The molecule has 0 spiro atoms. The lowest BCUT2D eigenvalue weighted by Gasteiger charge is -2.10. The van der Waals surface area contributed by atoms with Crippen molar-refractivity contribution in [3.63, 3.8) is 0 Å². The minimum atomic E-state index is -0.925. The first-order valence-corrected chi connectivity index (χ1v) is 6.92. The average Bonchev–Trinajstić information content (AvgIpc) is 2.52. The van der Waals surface area contributed by atoms with E-state index >= 15 is 0 Å². The molecule has 2 aromatic carbocycles. The minimum absolute atomic E-state index is 0.361. The molecule has 0 fully saturated rings. The zero-order valence-electron chi connectivity index (χ0n) is 11.3. The molecular weight excluding hydrogens is 282 g/mol. The Morgan fingerprint density at radius 2 is 1.76 bits per heavy atom. The van der Waals surface area contributed by atoms with Crippen LogP contribution in [0.15, 0.2) is 54.6 Å². The number of hydrogen-bond acceptors (Lipinski definition) is 3. The number of rotatable bonds is 4. The summed E-state index contributed by atoms with van der Waals surface area (Å²) in [6.07, 6.45) is 0.361. The van der Waals surface area contributed by atoms with Crippen LogP contribution in [0.2, 0.25) is 0 Å². The van der Waals surface area contributed by atoms with Crippen LogP contribution in [0.4, 0.5) is 0 Å². The van der Waals surface area contributed by atoms with Gasteiger partial charge in [0, 0.05) is 11.1 Å². The molecule has 0 amide bonds. The van der Waals surface area contributed by atoms with Crippen molar-refractivity contribution in [2.45, 2.75) is 12.5 Å². The smallest absolute Gasteiger partial charge is 0.321 e. The molecule has 1 unspecified atom stereocenters. The monoisotopic (exact) mass is 297 g/mol. The molecule has 0 radical (unpaired) electrons. The summed E-state index contributed by atoms with van der Waals surface area (Å²) in [4.78, 5) is 11.0. The lowest BCUT2D eigenvalue weighted by Crippen LogP contribution is -2.32. The fourth-order valence-electron chi connectivity index (χ4n) is 1.87. The molecule has 1 atom stereocenters. The first kappa shape index (κ1) is 15.2. The summed E-state index contributed by atoms with van der Waals surface area (Å²) < 4.78 is 2.49. The Bertz CT molecular complexity index is 674. The van der Waals surface area contributed by atoms with Crippen molar-refractivity contribution in [1.82, 2.24) is 4.72 Å². The van der Waals surface area contributed by atoms with Crippen LogP contribution >= 0.6 is 12.8 Å². The fraction of sp³-hybridized carbons (Fsp3) is 0.118. The second kappa shape index (κ2) is 7.53. The van der Waals surface area contributed by atoms with Crippen molar-refractivity contribution in [3.05, 3.63) is 71.3 Å². The lowest BCUT2D eigenvalue weighted by atomic mass is 10.0. The topological polar surface area (TPSA) is 49.3 Å². The highest BCUT2D eigenvalue weighted by Gasteiger charge is 2.15. The quantitative estimate of drug-likeness (QED) is 0.600. The van der Waals surface area contributed by atoms with E-state index in [1.54, 1.807) is 0 Å². The van der Waals surface area contributed by atoms with Crippen molar-refractivity contribution in [1.29, 1.82) is 0 Å². The molecule has 0 saturated heterocycles. The first-order valence-electron chi connectivity index (χ1n) is 6.47. The number of aliphatic carboxylic acids is 1. The third-order valence-electron chi connectivity index (χ3n) is 2.95. The molecule has 0 bridgehead atoms. The van der Waals surface area contributed by atoms with Crippen molar-refractivity contribution >= 4 is 18.8 Å². The Labute approximate surface area is 129 Å². The molecule has 2 rings (SSSR count). The van der Waals surface area contributed by atoms with Gasteiger partial charge < -0.3 is 5.11 Å². The van der Waals surface area contributed by atoms with Gasteiger partial charge in [-0.15, -0.1) is 0 Å². The van der Waals surface area contributed by atoms with E-state index in [0.717, 1.165) is 16.7 Å². The number of benzene rings is 2. The molecule has 0 heterocycles. The highest BCUT2D eigenvalue weighted by Crippen LogP contribution is 2.08. The highest BCUT2D eigenvalue weighted by molar-refractivity contribution is 7.78. The van der Waals surface area contributed by atoms with Gasteiger partial charge in [0.15, 0.2) is 0 Å². The summed E-state index contributed by atoms with van der Waals surface area (Å²) in [6.45, 7) is 0. The number of carboxylic acids is 1. The van der Waals surface area contributed by atoms with E-state index < -0.39 is 12.0 Å². The molecule has 0 aliphatic heterocycles. The largest absolute Gasteiger partial charge is 0.480 e. The zero-order chi connectivity index (χ0) is 15.1. The van der Waals surface area contributed by atoms with Crippen LogP contribution in [0.3, 0.4) is 0 Å². The van der Waals surface area contributed by atoms with Crippen LogP contribution < -0.4 is 4.72 Å². The summed E-state index contributed by atoms with van der Waals surface area (Å²) in [5.41, 5.74) is 2.71. The van der Waals surface area contributed by atoms with E-state index in [1.807, 2.05) is 54.6 Å². The first-order chi connectivity index (χ1) is 10.2. The van der Waals surface area contributed by atoms with Crippen LogP contribution in [0, 0.1) is 11.8 Å². The number of carbonyl (C=O) groups is 1. The Morgan fingerprint density at radius 3 is 2.43 bits per heavy atom. The molecule has 21 heavy (non-hydrogen) atoms. The maximum Gasteiger partial charge on any atom is 0.321 e. The fourth-order valence-corrected chi connectivity index (χ4v) is 2.07. The maximum atomic E-state index is 11.0. The van der Waals surface area contributed by atoms with Gasteiger partial charge in [-0.05, 0) is 36.2 Å². The van der Waals surface area contributed by atoms with Crippen LogP contribution in [-0.2, 0) is 11.2 Å². The van der Waals surface area contributed by atoms with Crippen molar-refractivity contribution in [3.8, 4) is 11.8 Å². The second-order valence-corrected chi connectivity index (χ2v) is 4.80. The predicted octanol–water partition coefficient (Wildman–Crippen LogP) is 2.52. The molecule has 0 aliphatic rings. The maximum absolute atomic E-state index is 11.0. The SMILES string of the molecule is O=C(O)C(Cc1cccc(C#Cc2ccccc2)c1)NS. The molecule has 2 N–H and O–H groups in total. The predicted molar refractivity (Wildman–Crippen MR) is 86.1 cm³/mol. The third-order valence-corrected chi connectivity index (χ3v) is 3.26. The highest BCUT2D eigenvalue weighted by atomic mass is 32.1. The normalized spacial score (nSPS) is 11.3. The summed E-state index contributed by atoms with van der Waals surface area (Å²) in [5.74, 6) is 5.24. The van der Waals surface area contributed by atoms with Gasteiger partial charge in [0.1, 0.15) is 6.04 Å². The molecule has 106 valence electrons. The second-order valence-electron chi connectivity index (χ2n) is 4.54. The van der Waals surface area contributed by atoms with Crippen LogP contribution in [0.25, 0.3) is 0 Å². The van der Waals surface area contributed by atoms with Gasteiger partial charge in [-0.3, -0.25) is 9.52 Å². The molecule has 3 nitrogen and oxygen atoms in total. The number of nitrogens with one attached hydrogen (secondary N) is 1. The summed E-state index contributed by atoms with van der Waals surface area (Å²) >= 11 is 3.84. The number of thiol groups is 1. The Morgan fingerprint density at radius 1 is 1.10 bits per heavy atom. The Hall–Kier alpha value is -2.22.